The van der Waals surface area contributed by atoms with Gasteiger partial charge in [0, 0.05) is 25.4 Å². The number of aryl methyl sites for hydroxylation is 1. The number of halogens is 1. The molecule has 0 spiro atoms. The molecule has 0 bridgehead atoms. The Bertz CT molecular complexity index is 1100. The van der Waals surface area contributed by atoms with Crippen molar-refractivity contribution in [2.24, 2.45) is 0 Å². The molecule has 0 unspecified atom stereocenters. The van der Waals surface area contributed by atoms with E-state index in [0.717, 1.165) is 11.1 Å². The first-order valence-electron chi connectivity index (χ1n) is 9.92. The van der Waals surface area contributed by atoms with Crippen molar-refractivity contribution < 1.29 is 14.3 Å². The van der Waals surface area contributed by atoms with E-state index in [2.05, 4.69) is 25.7 Å². The zero-order valence-electron chi connectivity index (χ0n) is 17.5. The van der Waals surface area contributed by atoms with Gasteiger partial charge in [0.2, 0.25) is 11.9 Å². The lowest BCUT2D eigenvalue weighted by Crippen LogP contribution is -2.52. The summed E-state index contributed by atoms with van der Waals surface area (Å²) in [5.74, 6) is 0.410. The van der Waals surface area contributed by atoms with Gasteiger partial charge in [-0.1, -0.05) is 12.1 Å². The van der Waals surface area contributed by atoms with Crippen molar-refractivity contribution in [3.8, 4) is 0 Å². The summed E-state index contributed by atoms with van der Waals surface area (Å²) in [7, 11) is 1.73. The van der Waals surface area contributed by atoms with Crippen LogP contribution in [0.15, 0.2) is 36.7 Å². The van der Waals surface area contributed by atoms with Gasteiger partial charge in [-0.3, -0.25) is 9.48 Å². The van der Waals surface area contributed by atoms with Crippen LogP contribution in [-0.2, 0) is 17.9 Å². The maximum atomic E-state index is 13.1. The Kier molecular flexibility index (Phi) is 5.55. The topological polar surface area (TPSA) is 108 Å². The maximum absolute atomic E-state index is 13.1. The highest BCUT2D eigenvalue weighted by molar-refractivity contribution is 6.03. The summed E-state index contributed by atoms with van der Waals surface area (Å²) in [5, 5.41) is 20.3. The normalized spacial score (nSPS) is 16.6. The van der Waals surface area contributed by atoms with Crippen molar-refractivity contribution in [1.29, 1.82) is 0 Å². The summed E-state index contributed by atoms with van der Waals surface area (Å²) >= 11 is 0. The third-order valence-electron chi connectivity index (χ3n) is 5.19. The van der Waals surface area contributed by atoms with E-state index in [-0.39, 0.29) is 11.7 Å². The molecule has 0 saturated carbocycles. The first-order valence-corrected chi connectivity index (χ1v) is 9.92. The van der Waals surface area contributed by atoms with E-state index in [4.69, 9.17) is 0 Å². The number of fused-ring (bicyclic) bond motifs is 1. The first kappa shape index (κ1) is 20.7. The van der Waals surface area contributed by atoms with E-state index >= 15 is 0 Å². The summed E-state index contributed by atoms with van der Waals surface area (Å²) in [6.45, 7) is 4.36. The lowest BCUT2D eigenvalue weighted by Gasteiger charge is -2.36. The molecule has 0 saturated heterocycles. The Morgan fingerprint density at radius 3 is 2.71 bits per heavy atom. The highest BCUT2D eigenvalue weighted by Gasteiger charge is 2.36. The number of carbonyl (C=O) groups is 1. The van der Waals surface area contributed by atoms with E-state index in [1.165, 1.54) is 12.1 Å². The van der Waals surface area contributed by atoms with Crippen LogP contribution < -0.4 is 15.5 Å². The number of anilines is 3. The number of likely N-dealkylation sites (N-methyl/N-ethyl adjacent to an activating group) is 1. The zero-order valence-corrected chi connectivity index (χ0v) is 17.5. The van der Waals surface area contributed by atoms with Gasteiger partial charge >= 0.3 is 0 Å². The highest BCUT2D eigenvalue weighted by atomic mass is 19.1. The minimum absolute atomic E-state index is 0.264. The van der Waals surface area contributed by atoms with Gasteiger partial charge in [0.25, 0.3) is 0 Å². The summed E-state index contributed by atoms with van der Waals surface area (Å²) in [6, 6.07) is 5.60. The monoisotopic (exact) mass is 425 g/mol. The maximum Gasteiger partial charge on any atom is 0.249 e. The molecule has 1 amide bonds. The summed E-state index contributed by atoms with van der Waals surface area (Å²) < 4.78 is 14.8. The number of nitrogens with zero attached hydrogens (tertiary/aromatic N) is 5. The number of benzene rings is 1. The van der Waals surface area contributed by atoms with Gasteiger partial charge in [-0.25, -0.2) is 9.37 Å². The van der Waals surface area contributed by atoms with Crippen molar-refractivity contribution >= 4 is 23.4 Å². The average molecular weight is 425 g/mol. The molecule has 1 aliphatic heterocycles. The number of carbonyl (C=O) groups excluding carboxylic acids is 1. The van der Waals surface area contributed by atoms with Crippen LogP contribution in [0.3, 0.4) is 0 Å². The molecule has 31 heavy (non-hydrogen) atoms. The van der Waals surface area contributed by atoms with Crippen LogP contribution in [0.5, 0.6) is 0 Å². The molecule has 10 heteroatoms. The van der Waals surface area contributed by atoms with Crippen molar-refractivity contribution in [1.82, 2.24) is 19.7 Å². The molecule has 162 valence electrons. The van der Waals surface area contributed by atoms with Crippen molar-refractivity contribution in [3.63, 3.8) is 0 Å². The molecule has 0 fully saturated rings. The van der Waals surface area contributed by atoms with E-state index in [0.29, 0.717) is 36.2 Å². The highest BCUT2D eigenvalue weighted by Crippen LogP contribution is 2.33. The van der Waals surface area contributed by atoms with Crippen molar-refractivity contribution in [3.05, 3.63) is 59.3 Å². The number of aromatic nitrogens is 4. The molecule has 2 aromatic heterocycles. The number of rotatable bonds is 6. The molecule has 4 rings (SSSR count). The van der Waals surface area contributed by atoms with Gasteiger partial charge in [0.15, 0.2) is 5.82 Å². The molecule has 0 aliphatic carbocycles. The molecule has 3 heterocycles. The van der Waals surface area contributed by atoms with Gasteiger partial charge < -0.3 is 20.6 Å². The third kappa shape index (κ3) is 4.33. The second-order valence-electron chi connectivity index (χ2n) is 7.64. The minimum atomic E-state index is -0.850. The third-order valence-corrected chi connectivity index (χ3v) is 5.19. The standard InChI is InChI=1S/C21H24FN7O2/c1-12-17-19(28(3)18(13(2)30)20(31)26-17)27-21(25-12)23-8-15-9-24-29(11-15)10-14-4-6-16(22)7-5-14/h4-7,9,11,13,18,30H,8,10H2,1-3H3,(H,26,31)(H,23,25,27)/t13-,18-/m0/s1. The molecule has 3 N–H and O–H groups in total. The largest absolute Gasteiger partial charge is 0.391 e. The number of hydrogen-bond acceptors (Lipinski definition) is 7. The second kappa shape index (κ2) is 8.31. The zero-order chi connectivity index (χ0) is 22.1. The predicted molar refractivity (Wildman–Crippen MR) is 114 cm³/mol. The van der Waals surface area contributed by atoms with Gasteiger partial charge in [0.1, 0.15) is 17.5 Å². The molecular weight excluding hydrogens is 401 g/mol. The molecule has 0 radical (unpaired) electrons. The Hall–Kier alpha value is -3.53. The van der Waals surface area contributed by atoms with E-state index < -0.39 is 12.1 Å². The predicted octanol–water partition coefficient (Wildman–Crippen LogP) is 1.92. The van der Waals surface area contributed by atoms with Gasteiger partial charge in [0.05, 0.1) is 24.5 Å². The Morgan fingerprint density at radius 1 is 1.26 bits per heavy atom. The Balaban J connectivity index is 1.46. The fourth-order valence-electron chi connectivity index (χ4n) is 3.63. The number of amides is 1. The van der Waals surface area contributed by atoms with Crippen LogP contribution in [-0.4, -0.2) is 50.0 Å². The van der Waals surface area contributed by atoms with Gasteiger partial charge in [-0.2, -0.15) is 10.1 Å². The van der Waals surface area contributed by atoms with Crippen LogP contribution in [0.1, 0.15) is 23.7 Å². The molecule has 9 nitrogen and oxygen atoms in total. The quantitative estimate of drug-likeness (QED) is 0.554. The van der Waals surface area contributed by atoms with E-state index in [9.17, 15) is 14.3 Å². The van der Waals surface area contributed by atoms with E-state index in [1.54, 1.807) is 48.8 Å². The number of nitrogens with one attached hydrogen (secondary N) is 2. The molecule has 1 aromatic carbocycles. The Labute approximate surface area is 178 Å². The molecule has 2 atom stereocenters. The smallest absolute Gasteiger partial charge is 0.249 e. The summed E-state index contributed by atoms with van der Waals surface area (Å²) in [5.41, 5.74) is 3.06. The Morgan fingerprint density at radius 2 is 2.00 bits per heavy atom. The summed E-state index contributed by atoms with van der Waals surface area (Å²) in [4.78, 5) is 22.9. The van der Waals surface area contributed by atoms with Crippen LogP contribution in [0.25, 0.3) is 0 Å². The number of aliphatic hydroxyl groups excluding tert-OH is 1. The van der Waals surface area contributed by atoms with Crippen LogP contribution in [0, 0.1) is 12.7 Å². The van der Waals surface area contributed by atoms with Gasteiger partial charge in [-0.05, 0) is 31.5 Å². The van der Waals surface area contributed by atoms with Crippen molar-refractivity contribution in [2.75, 3.05) is 22.6 Å². The SMILES string of the molecule is Cc1nc(NCc2cnn(Cc3ccc(F)cc3)c2)nc2c1NC(=O)[C@H]([C@H](C)O)N2C. The second-order valence-corrected chi connectivity index (χ2v) is 7.64. The molecule has 1 aliphatic rings. The fourth-order valence-corrected chi connectivity index (χ4v) is 3.63. The van der Waals surface area contributed by atoms with Gasteiger partial charge in [-0.15, -0.1) is 0 Å². The number of aliphatic hydroxyl groups is 1. The fraction of sp³-hybridized carbons (Fsp3) is 0.333. The van der Waals surface area contributed by atoms with Crippen LogP contribution >= 0.6 is 0 Å². The lowest BCUT2D eigenvalue weighted by molar-refractivity contribution is -0.119. The first-order chi connectivity index (χ1) is 14.8. The van der Waals surface area contributed by atoms with E-state index in [1.807, 2.05) is 6.20 Å². The summed E-state index contributed by atoms with van der Waals surface area (Å²) in [6.07, 6.45) is 2.80. The molecule has 3 aromatic rings. The van der Waals surface area contributed by atoms with Crippen LogP contribution in [0.4, 0.5) is 21.8 Å². The lowest BCUT2D eigenvalue weighted by atomic mass is 10.1. The minimum Gasteiger partial charge on any atom is -0.391 e. The van der Waals surface area contributed by atoms with Crippen LogP contribution in [0.2, 0.25) is 0 Å². The number of hydrogen-bond donors (Lipinski definition) is 3. The van der Waals surface area contributed by atoms with Crippen molar-refractivity contribution in [2.45, 2.75) is 39.1 Å². The molecular formula is C21H24FN7O2. The average Bonchev–Trinajstić information content (AvgIpc) is 3.16.